The van der Waals surface area contributed by atoms with E-state index in [2.05, 4.69) is 0 Å². The molecule has 0 aliphatic heterocycles. The monoisotopic (exact) mass is 230 g/mol. The van der Waals surface area contributed by atoms with Crippen molar-refractivity contribution >= 4 is 11.6 Å². The summed E-state index contributed by atoms with van der Waals surface area (Å²) in [4.78, 5) is 22.5. The Morgan fingerprint density at radius 3 is 1.12 bits per heavy atom. The molecule has 0 spiro atoms. The van der Waals surface area contributed by atoms with Gasteiger partial charge in [-0.15, -0.1) is 0 Å². The van der Waals surface area contributed by atoms with Gasteiger partial charge in [0.1, 0.15) is 0 Å². The molecule has 0 saturated heterocycles. The van der Waals surface area contributed by atoms with Gasteiger partial charge >= 0.3 is 0 Å². The Hall–Kier alpha value is -1.46. The fraction of sp³-hybridized carbons (Fsp3) is 0.800. The third-order valence-corrected chi connectivity index (χ3v) is 2.84. The summed E-state index contributed by atoms with van der Waals surface area (Å²) in [5, 5.41) is 23.4. The van der Waals surface area contributed by atoms with E-state index in [-0.39, 0.29) is 9.72 Å². The Bertz CT molecular complexity index is 322. The van der Waals surface area contributed by atoms with Gasteiger partial charge in [0.05, 0.1) is 0 Å². The number of hydrogen-bond donors (Lipinski definition) is 0. The van der Waals surface area contributed by atoms with Crippen LogP contribution in [0.4, 0.5) is 0 Å². The van der Waals surface area contributed by atoms with E-state index in [0.717, 1.165) is 0 Å². The summed E-state index contributed by atoms with van der Waals surface area (Å²) in [7, 11) is 0. The summed E-state index contributed by atoms with van der Waals surface area (Å²) in [5.41, 5.74) is -2.96. The van der Waals surface area contributed by atoms with Gasteiger partial charge in [-0.05, 0) is 0 Å². The lowest BCUT2D eigenvalue weighted by atomic mass is 10.0. The van der Waals surface area contributed by atoms with Gasteiger partial charge in [0, 0.05) is 51.3 Å². The maximum atomic E-state index is 11.7. The van der Waals surface area contributed by atoms with Crippen LogP contribution in [0.2, 0.25) is 0 Å². The van der Waals surface area contributed by atoms with Gasteiger partial charge in [0.2, 0.25) is 11.6 Å². The van der Waals surface area contributed by atoms with Gasteiger partial charge in [-0.3, -0.25) is 9.59 Å². The normalized spacial score (nSPS) is 14.4. The molecule has 0 fully saturated rings. The highest BCUT2D eigenvalue weighted by Crippen LogP contribution is 2.16. The minimum atomic E-state index is -1.48. The zero-order valence-corrected chi connectivity index (χ0v) is 10.5. The Morgan fingerprint density at radius 2 is 1.00 bits per heavy atom. The molecule has 92 valence electrons. The number of azo groups is 1. The van der Waals surface area contributed by atoms with Crippen molar-refractivity contribution in [3.05, 3.63) is 10.4 Å². The first-order valence-corrected chi connectivity index (χ1v) is 4.92. The second-order valence-electron chi connectivity index (χ2n) is 4.78. The van der Waals surface area contributed by atoms with Crippen LogP contribution in [0.15, 0.2) is 0 Å². The molecular weight excluding hydrogens is 212 g/mol. The molecule has 0 aromatic rings. The van der Waals surface area contributed by atoms with Gasteiger partial charge in [0.25, 0.3) is 11.1 Å². The van der Waals surface area contributed by atoms with Crippen LogP contribution in [0.25, 0.3) is 0 Å². The molecule has 0 N–H and O–H groups in total. The number of Topliss-reactive ketones (excluding diaryl/α,β-unsaturated/α-hetero) is 2. The molecule has 0 saturated carbocycles. The molecule has 6 heteroatoms. The van der Waals surface area contributed by atoms with Crippen molar-refractivity contribution in [3.63, 3.8) is 0 Å². The van der Waals surface area contributed by atoms with Crippen molar-refractivity contribution in [1.82, 2.24) is 0 Å². The van der Waals surface area contributed by atoms with Crippen LogP contribution in [0.1, 0.15) is 41.5 Å². The molecule has 6 nitrogen and oxygen atoms in total. The highest BCUT2D eigenvalue weighted by atomic mass is 16.6. The van der Waals surface area contributed by atoms with Gasteiger partial charge < -0.3 is 10.4 Å². The molecular formula is C10H18N2O4. The van der Waals surface area contributed by atoms with E-state index < -0.39 is 22.6 Å². The number of carbonyl (C=O) groups excluding carboxylic acids is 2. The summed E-state index contributed by atoms with van der Waals surface area (Å²) in [6.07, 6.45) is 0. The largest absolute Gasteiger partial charge is 0.566 e. The van der Waals surface area contributed by atoms with Crippen LogP contribution in [0.5, 0.6) is 0 Å². The third-order valence-electron chi connectivity index (χ3n) is 2.84. The van der Waals surface area contributed by atoms with Crippen LogP contribution < -0.4 is 0 Å². The fourth-order valence-corrected chi connectivity index (χ4v) is 0.724. The van der Waals surface area contributed by atoms with E-state index in [1.54, 1.807) is 0 Å². The average molecular weight is 230 g/mol. The zero-order chi connectivity index (χ0) is 13.3. The Labute approximate surface area is 94.7 Å². The van der Waals surface area contributed by atoms with Crippen molar-refractivity contribution in [2.24, 2.45) is 0 Å². The van der Waals surface area contributed by atoms with E-state index >= 15 is 0 Å². The molecule has 0 radical (unpaired) electrons. The Kier molecular flexibility index (Phi) is 3.81. The number of hydroxylamine groups is 2. The molecule has 0 rings (SSSR count). The van der Waals surface area contributed by atoms with Crippen molar-refractivity contribution in [3.8, 4) is 0 Å². The van der Waals surface area contributed by atoms with Crippen LogP contribution in [-0.2, 0) is 9.59 Å². The van der Waals surface area contributed by atoms with Crippen LogP contribution in [-0.4, -0.2) is 32.4 Å². The summed E-state index contributed by atoms with van der Waals surface area (Å²) in [6.45, 7) is 7.79. The number of nitrogens with zero attached hydrogens (tertiary/aromatic N) is 2. The maximum Gasteiger partial charge on any atom is 0.289 e. The molecule has 0 aromatic heterocycles. The number of ketones is 2. The van der Waals surface area contributed by atoms with Gasteiger partial charge in [-0.2, -0.15) is 0 Å². The summed E-state index contributed by atoms with van der Waals surface area (Å²) < 4.78 is 0. The van der Waals surface area contributed by atoms with Crippen molar-refractivity contribution in [1.29, 1.82) is 0 Å². The molecule has 0 aliphatic carbocycles. The first-order valence-electron chi connectivity index (χ1n) is 4.92. The second kappa shape index (κ2) is 4.19. The standard InChI is InChI=1S/C10H18N2O4/c1-7(13)9(3,4)11(15)12(16)10(5,6)8(2)14/h1-6H3/b12-11-. The lowest BCUT2D eigenvalue weighted by molar-refractivity contribution is -1.01. The predicted octanol–water partition coefficient (Wildman–Crippen LogP) is 1.19. The maximum absolute atomic E-state index is 11.7. The smallest absolute Gasteiger partial charge is 0.289 e. The molecule has 0 amide bonds. The SMILES string of the molecule is CC(=O)C(C)(C)/[N+]([O-])=[N+](/[O-])C(C)(C)C(C)=O. The number of hydrogen-bond acceptors (Lipinski definition) is 4. The summed E-state index contributed by atoms with van der Waals surface area (Å²) in [5.74, 6) is -0.884. The topological polar surface area (TPSA) is 86.3 Å². The van der Waals surface area contributed by atoms with Crippen molar-refractivity contribution in [2.45, 2.75) is 52.6 Å². The quantitative estimate of drug-likeness (QED) is 0.412. The average Bonchev–Trinajstić information content (AvgIpc) is 2.14. The first-order chi connectivity index (χ1) is 6.95. The van der Waals surface area contributed by atoms with Gasteiger partial charge in [-0.25, -0.2) is 0 Å². The van der Waals surface area contributed by atoms with Gasteiger partial charge in [0.15, 0.2) is 0 Å². The van der Waals surface area contributed by atoms with Crippen molar-refractivity contribution in [2.75, 3.05) is 0 Å². The predicted molar refractivity (Wildman–Crippen MR) is 56.8 cm³/mol. The molecule has 0 atom stereocenters. The minimum absolute atomic E-state index is 0.0106. The Morgan fingerprint density at radius 1 is 0.812 bits per heavy atom. The Balaban J connectivity index is 5.61. The molecule has 0 unspecified atom stereocenters. The molecule has 0 aromatic carbocycles. The van der Waals surface area contributed by atoms with E-state index in [9.17, 15) is 20.0 Å². The number of carbonyl (C=O) groups is 2. The van der Waals surface area contributed by atoms with E-state index in [1.165, 1.54) is 41.5 Å². The molecule has 0 aliphatic rings. The molecule has 0 bridgehead atoms. The third kappa shape index (κ3) is 2.37. The van der Waals surface area contributed by atoms with E-state index in [4.69, 9.17) is 0 Å². The van der Waals surface area contributed by atoms with Crippen molar-refractivity contribution < 1.29 is 19.3 Å². The highest BCUT2D eigenvalue weighted by Gasteiger charge is 2.46. The van der Waals surface area contributed by atoms with E-state index in [0.29, 0.717) is 0 Å². The van der Waals surface area contributed by atoms with Crippen LogP contribution >= 0.6 is 0 Å². The summed E-state index contributed by atoms with van der Waals surface area (Å²) >= 11 is 0. The zero-order valence-electron chi connectivity index (χ0n) is 10.5. The second-order valence-corrected chi connectivity index (χ2v) is 4.78. The number of rotatable bonds is 4. The summed E-state index contributed by atoms with van der Waals surface area (Å²) in [6, 6.07) is 0. The van der Waals surface area contributed by atoms with Crippen LogP contribution in [0, 0.1) is 10.4 Å². The molecule has 16 heavy (non-hydrogen) atoms. The molecule has 0 heterocycles. The highest BCUT2D eigenvalue weighted by molar-refractivity contribution is 5.84. The minimum Gasteiger partial charge on any atom is -0.566 e. The van der Waals surface area contributed by atoms with Gasteiger partial charge in [-0.1, -0.05) is 0 Å². The first kappa shape index (κ1) is 14.5. The lowest BCUT2D eigenvalue weighted by Gasteiger charge is -2.22. The van der Waals surface area contributed by atoms with E-state index in [1.807, 2.05) is 0 Å². The lowest BCUT2D eigenvalue weighted by Crippen LogP contribution is -2.51. The fourth-order valence-electron chi connectivity index (χ4n) is 0.724. The van der Waals surface area contributed by atoms with Crippen LogP contribution in [0.3, 0.4) is 0 Å².